The fourth-order valence-electron chi connectivity index (χ4n) is 3.35. The lowest BCUT2D eigenvalue weighted by atomic mass is 10.0. The Morgan fingerprint density at radius 2 is 1.97 bits per heavy atom. The van der Waals surface area contributed by atoms with Gasteiger partial charge in [-0.1, -0.05) is 29.8 Å². The summed E-state index contributed by atoms with van der Waals surface area (Å²) >= 11 is 5.89. The summed E-state index contributed by atoms with van der Waals surface area (Å²) in [4.78, 5) is 24.7. The number of ether oxygens (including phenoxy) is 1. The van der Waals surface area contributed by atoms with Gasteiger partial charge in [-0.2, -0.15) is 5.10 Å². The standard InChI is InChI=1S/C22H19ClN4O4/c1-2-31-19-6-4-3-5-15(19)18-11-17(22(29)30)26-20-16(12-24-27(18)20)21(28)25-14-9-7-13(23)8-10-14/h3-12,18,26H,2H2,1H3,(H,25,28)(H,29,30)/t18-/m1/s1. The Kier molecular flexibility index (Phi) is 5.64. The van der Waals surface area contributed by atoms with Crippen LogP contribution < -0.4 is 15.4 Å². The normalized spacial score (nSPS) is 14.8. The Morgan fingerprint density at radius 3 is 2.68 bits per heavy atom. The number of nitrogens with zero attached hydrogens (tertiary/aromatic N) is 2. The molecule has 1 amide bonds. The first-order valence-corrected chi connectivity index (χ1v) is 9.94. The number of benzene rings is 2. The van der Waals surface area contributed by atoms with E-state index in [1.807, 2.05) is 31.2 Å². The molecule has 0 radical (unpaired) electrons. The summed E-state index contributed by atoms with van der Waals surface area (Å²) in [7, 11) is 0. The molecule has 2 heterocycles. The summed E-state index contributed by atoms with van der Waals surface area (Å²) < 4.78 is 7.29. The summed E-state index contributed by atoms with van der Waals surface area (Å²) in [6, 6.07) is 13.4. The SMILES string of the molecule is CCOc1ccccc1[C@H]1C=C(C(=O)O)Nc2c(C(=O)Nc3ccc(Cl)cc3)cnn21. The number of amides is 1. The zero-order valence-corrected chi connectivity index (χ0v) is 17.3. The smallest absolute Gasteiger partial charge is 0.352 e. The summed E-state index contributed by atoms with van der Waals surface area (Å²) in [5.41, 5.74) is 1.45. The van der Waals surface area contributed by atoms with Crippen LogP contribution in [0.1, 0.15) is 28.9 Å². The van der Waals surface area contributed by atoms with Crippen LogP contribution in [0.5, 0.6) is 5.75 Å². The molecule has 1 aromatic heterocycles. The molecule has 8 nitrogen and oxygen atoms in total. The minimum atomic E-state index is -1.14. The molecular formula is C22H19ClN4O4. The minimum Gasteiger partial charge on any atom is -0.494 e. The van der Waals surface area contributed by atoms with Crippen LogP contribution in [-0.2, 0) is 4.79 Å². The molecule has 1 aliphatic rings. The van der Waals surface area contributed by atoms with Crippen LogP contribution in [0, 0.1) is 0 Å². The molecule has 0 spiro atoms. The first kappa shape index (κ1) is 20.5. The van der Waals surface area contributed by atoms with Crippen molar-refractivity contribution in [3.05, 3.63) is 82.7 Å². The number of carbonyl (C=O) groups excluding carboxylic acids is 1. The van der Waals surface area contributed by atoms with E-state index < -0.39 is 17.9 Å². The third-order valence-electron chi connectivity index (χ3n) is 4.75. The molecule has 158 valence electrons. The number of nitrogens with one attached hydrogen (secondary N) is 2. The number of anilines is 2. The van der Waals surface area contributed by atoms with E-state index in [1.54, 1.807) is 35.0 Å². The van der Waals surface area contributed by atoms with Crippen LogP contribution in [0.15, 0.2) is 66.5 Å². The Hall–Kier alpha value is -3.78. The number of rotatable bonds is 6. The number of aliphatic carboxylic acids is 1. The van der Waals surface area contributed by atoms with E-state index in [4.69, 9.17) is 16.3 Å². The maximum Gasteiger partial charge on any atom is 0.352 e. The highest BCUT2D eigenvalue weighted by atomic mass is 35.5. The molecule has 4 rings (SSSR count). The monoisotopic (exact) mass is 438 g/mol. The predicted molar refractivity (Wildman–Crippen MR) is 117 cm³/mol. The van der Waals surface area contributed by atoms with Crippen LogP contribution in [0.3, 0.4) is 0 Å². The number of aromatic nitrogens is 2. The second kappa shape index (κ2) is 8.53. The molecule has 1 aliphatic heterocycles. The van der Waals surface area contributed by atoms with Gasteiger partial charge in [-0.05, 0) is 43.3 Å². The highest BCUT2D eigenvalue weighted by Gasteiger charge is 2.30. The molecule has 0 unspecified atom stereocenters. The van der Waals surface area contributed by atoms with Gasteiger partial charge in [0.2, 0.25) is 0 Å². The molecule has 0 bridgehead atoms. The second-order valence-corrected chi connectivity index (χ2v) is 7.18. The largest absolute Gasteiger partial charge is 0.494 e. The predicted octanol–water partition coefficient (Wildman–Crippen LogP) is 4.17. The number of allylic oxidation sites excluding steroid dienone is 1. The molecule has 0 saturated carbocycles. The number of carboxylic acid groups (broad SMARTS) is 1. The summed E-state index contributed by atoms with van der Waals surface area (Å²) in [5.74, 6) is -0.677. The second-order valence-electron chi connectivity index (χ2n) is 6.74. The van der Waals surface area contributed by atoms with Gasteiger partial charge < -0.3 is 20.5 Å². The van der Waals surface area contributed by atoms with Crippen molar-refractivity contribution in [2.45, 2.75) is 13.0 Å². The average molecular weight is 439 g/mol. The first-order chi connectivity index (χ1) is 15.0. The average Bonchev–Trinajstić information content (AvgIpc) is 3.19. The molecule has 0 aliphatic carbocycles. The van der Waals surface area contributed by atoms with Crippen molar-refractivity contribution in [3.8, 4) is 5.75 Å². The van der Waals surface area contributed by atoms with E-state index >= 15 is 0 Å². The Balaban J connectivity index is 1.73. The number of halogens is 1. The molecule has 3 aromatic rings. The fraction of sp³-hybridized carbons (Fsp3) is 0.136. The van der Waals surface area contributed by atoms with Crippen molar-refractivity contribution in [3.63, 3.8) is 0 Å². The topological polar surface area (TPSA) is 105 Å². The van der Waals surface area contributed by atoms with Crippen molar-refractivity contribution in [1.29, 1.82) is 0 Å². The third kappa shape index (κ3) is 4.10. The van der Waals surface area contributed by atoms with Gasteiger partial charge in [-0.3, -0.25) is 4.79 Å². The number of hydrogen-bond acceptors (Lipinski definition) is 5. The zero-order valence-electron chi connectivity index (χ0n) is 16.5. The Bertz CT molecular complexity index is 1170. The highest BCUT2D eigenvalue weighted by Crippen LogP contribution is 2.36. The van der Waals surface area contributed by atoms with E-state index in [0.717, 1.165) is 5.56 Å². The number of hydrogen-bond donors (Lipinski definition) is 3. The van der Waals surface area contributed by atoms with Gasteiger partial charge in [0.15, 0.2) is 0 Å². The van der Waals surface area contributed by atoms with E-state index in [2.05, 4.69) is 15.7 Å². The molecule has 3 N–H and O–H groups in total. The van der Waals surface area contributed by atoms with Gasteiger partial charge >= 0.3 is 5.97 Å². The fourth-order valence-corrected chi connectivity index (χ4v) is 3.48. The van der Waals surface area contributed by atoms with Gasteiger partial charge in [0.25, 0.3) is 5.91 Å². The van der Waals surface area contributed by atoms with E-state index in [0.29, 0.717) is 23.1 Å². The summed E-state index contributed by atoms with van der Waals surface area (Å²) in [6.45, 7) is 2.33. The zero-order chi connectivity index (χ0) is 22.0. The quantitative estimate of drug-likeness (QED) is 0.533. The lowest BCUT2D eigenvalue weighted by Gasteiger charge is -2.25. The molecule has 1 atom stereocenters. The Labute approximate surface area is 183 Å². The van der Waals surface area contributed by atoms with Crippen LogP contribution in [0.4, 0.5) is 11.5 Å². The van der Waals surface area contributed by atoms with Crippen LogP contribution >= 0.6 is 11.6 Å². The molecule has 31 heavy (non-hydrogen) atoms. The van der Waals surface area contributed by atoms with Crippen LogP contribution in [0.2, 0.25) is 5.02 Å². The number of carboxylic acids is 1. The van der Waals surface area contributed by atoms with Gasteiger partial charge in [0.05, 0.1) is 12.8 Å². The van der Waals surface area contributed by atoms with Crippen molar-refractivity contribution < 1.29 is 19.4 Å². The lowest BCUT2D eigenvalue weighted by Crippen LogP contribution is -2.26. The van der Waals surface area contributed by atoms with Crippen molar-refractivity contribution in [1.82, 2.24) is 9.78 Å². The maximum absolute atomic E-state index is 12.9. The van der Waals surface area contributed by atoms with E-state index in [1.165, 1.54) is 6.20 Å². The molecule has 0 saturated heterocycles. The number of fused-ring (bicyclic) bond motifs is 1. The molecule has 9 heteroatoms. The van der Waals surface area contributed by atoms with Gasteiger partial charge in [0.1, 0.15) is 28.9 Å². The molecule has 2 aromatic carbocycles. The third-order valence-corrected chi connectivity index (χ3v) is 5.00. The van der Waals surface area contributed by atoms with Crippen molar-refractivity contribution in [2.75, 3.05) is 17.2 Å². The molecule has 0 fully saturated rings. The molecular weight excluding hydrogens is 420 g/mol. The number of para-hydroxylation sites is 1. The maximum atomic E-state index is 12.9. The van der Waals surface area contributed by atoms with Crippen molar-refractivity contribution >= 4 is 35.0 Å². The van der Waals surface area contributed by atoms with Crippen LogP contribution in [-0.4, -0.2) is 33.4 Å². The van der Waals surface area contributed by atoms with Crippen molar-refractivity contribution in [2.24, 2.45) is 0 Å². The van der Waals surface area contributed by atoms with E-state index in [9.17, 15) is 14.7 Å². The van der Waals surface area contributed by atoms with Gasteiger partial charge in [0, 0.05) is 16.3 Å². The lowest BCUT2D eigenvalue weighted by molar-refractivity contribution is -0.132. The Morgan fingerprint density at radius 1 is 1.23 bits per heavy atom. The first-order valence-electron chi connectivity index (χ1n) is 9.56. The van der Waals surface area contributed by atoms with E-state index in [-0.39, 0.29) is 17.1 Å². The minimum absolute atomic E-state index is 0.0511. The number of carbonyl (C=O) groups is 2. The summed E-state index contributed by atoms with van der Waals surface area (Å²) in [6.07, 6.45) is 2.95. The van der Waals surface area contributed by atoms with Crippen LogP contribution in [0.25, 0.3) is 0 Å². The van der Waals surface area contributed by atoms with Gasteiger partial charge in [-0.25, -0.2) is 9.48 Å². The summed E-state index contributed by atoms with van der Waals surface area (Å²) in [5, 5.41) is 20.1. The highest BCUT2D eigenvalue weighted by molar-refractivity contribution is 6.30. The van der Waals surface area contributed by atoms with Gasteiger partial charge in [-0.15, -0.1) is 0 Å².